The SMILES string of the molecule is O=C1C[C@@H](c2ccc(O[C@@H]3O[C@@H](CO)[C@H](O)[C@@H](O)[C@@H]3O)cc2)Oc2cc(O)cc(O)c21. The maximum atomic E-state index is 12.4. The average Bonchev–Trinajstić information content (AvgIpc) is 2.73. The van der Waals surface area contributed by atoms with Crippen LogP contribution >= 0.6 is 0 Å². The summed E-state index contributed by atoms with van der Waals surface area (Å²) in [5, 5.41) is 58.5. The molecule has 10 heteroatoms. The van der Waals surface area contributed by atoms with Gasteiger partial charge in [-0.3, -0.25) is 4.79 Å². The first-order valence-electron chi connectivity index (χ1n) is 9.61. The number of aliphatic hydroxyl groups is 4. The molecule has 1 fully saturated rings. The highest BCUT2D eigenvalue weighted by Crippen LogP contribution is 2.41. The summed E-state index contributed by atoms with van der Waals surface area (Å²) in [5.74, 6) is -0.550. The maximum Gasteiger partial charge on any atom is 0.229 e. The number of ketones is 1. The molecule has 0 amide bonds. The zero-order valence-corrected chi connectivity index (χ0v) is 16.2. The first-order chi connectivity index (χ1) is 14.8. The van der Waals surface area contributed by atoms with E-state index in [9.17, 15) is 35.4 Å². The lowest BCUT2D eigenvalue weighted by atomic mass is 9.95. The van der Waals surface area contributed by atoms with Gasteiger partial charge in [-0.25, -0.2) is 0 Å². The van der Waals surface area contributed by atoms with E-state index in [1.807, 2.05) is 0 Å². The van der Waals surface area contributed by atoms with Crippen molar-refractivity contribution in [2.45, 2.75) is 43.2 Å². The lowest BCUT2D eigenvalue weighted by Gasteiger charge is -2.39. The molecular weight excluding hydrogens is 412 g/mol. The summed E-state index contributed by atoms with van der Waals surface area (Å²) in [5.41, 5.74) is 0.652. The third-order valence-electron chi connectivity index (χ3n) is 5.34. The van der Waals surface area contributed by atoms with E-state index in [0.717, 1.165) is 6.07 Å². The molecule has 2 aliphatic rings. The smallest absolute Gasteiger partial charge is 0.229 e. The average molecular weight is 434 g/mol. The van der Waals surface area contributed by atoms with Gasteiger partial charge >= 0.3 is 0 Å². The topological polar surface area (TPSA) is 166 Å². The molecule has 1 saturated heterocycles. The molecule has 10 nitrogen and oxygen atoms in total. The molecule has 0 radical (unpaired) electrons. The summed E-state index contributed by atoms with van der Waals surface area (Å²) in [4.78, 5) is 12.4. The molecule has 2 aliphatic heterocycles. The van der Waals surface area contributed by atoms with Crippen molar-refractivity contribution >= 4 is 5.78 Å². The van der Waals surface area contributed by atoms with Crippen LogP contribution < -0.4 is 9.47 Å². The van der Waals surface area contributed by atoms with E-state index < -0.39 is 43.4 Å². The quantitative estimate of drug-likeness (QED) is 0.385. The van der Waals surface area contributed by atoms with Crippen molar-refractivity contribution in [3.8, 4) is 23.0 Å². The van der Waals surface area contributed by atoms with Gasteiger partial charge in [0, 0.05) is 12.1 Å². The Morgan fingerprint density at radius 3 is 2.39 bits per heavy atom. The van der Waals surface area contributed by atoms with Crippen LogP contribution in [0.15, 0.2) is 36.4 Å². The fourth-order valence-corrected chi connectivity index (χ4v) is 3.67. The second kappa shape index (κ2) is 8.33. The van der Waals surface area contributed by atoms with Crippen LogP contribution in [0.2, 0.25) is 0 Å². The van der Waals surface area contributed by atoms with E-state index in [4.69, 9.17) is 14.2 Å². The lowest BCUT2D eigenvalue weighted by Crippen LogP contribution is -2.60. The minimum absolute atomic E-state index is 0.0156. The van der Waals surface area contributed by atoms with Crippen LogP contribution in [0, 0.1) is 0 Å². The largest absolute Gasteiger partial charge is 0.508 e. The Labute approximate surface area is 176 Å². The van der Waals surface area contributed by atoms with Crippen molar-refractivity contribution < 1.29 is 49.6 Å². The number of ether oxygens (including phenoxy) is 3. The van der Waals surface area contributed by atoms with Gasteiger partial charge < -0.3 is 44.8 Å². The number of rotatable bonds is 4. The van der Waals surface area contributed by atoms with Gasteiger partial charge in [0.1, 0.15) is 59.1 Å². The number of carbonyl (C=O) groups excluding carboxylic acids is 1. The third kappa shape index (κ3) is 4.03. The molecule has 0 unspecified atom stereocenters. The molecule has 4 rings (SSSR count). The van der Waals surface area contributed by atoms with Crippen molar-refractivity contribution in [3.05, 3.63) is 47.5 Å². The van der Waals surface area contributed by atoms with Crippen LogP contribution in [0.1, 0.15) is 28.4 Å². The number of aliphatic hydroxyl groups excluding tert-OH is 4. The second-order valence-corrected chi connectivity index (χ2v) is 7.46. The Kier molecular flexibility index (Phi) is 5.73. The van der Waals surface area contributed by atoms with Crippen LogP contribution in [0.5, 0.6) is 23.0 Å². The fraction of sp³-hybridized carbons (Fsp3) is 0.381. The number of phenolic OH excluding ortho intramolecular Hbond substituents is 2. The number of Topliss-reactive ketones (excluding diaryl/α,β-unsaturated/α-hetero) is 1. The predicted molar refractivity (Wildman–Crippen MR) is 103 cm³/mol. The van der Waals surface area contributed by atoms with E-state index in [2.05, 4.69) is 0 Å². The van der Waals surface area contributed by atoms with Crippen molar-refractivity contribution in [2.24, 2.45) is 0 Å². The fourth-order valence-electron chi connectivity index (χ4n) is 3.67. The molecule has 0 aromatic heterocycles. The highest BCUT2D eigenvalue weighted by atomic mass is 16.7. The third-order valence-corrected chi connectivity index (χ3v) is 5.34. The Bertz CT molecular complexity index is 957. The van der Waals surface area contributed by atoms with Crippen LogP contribution in [-0.2, 0) is 4.74 Å². The number of hydrogen-bond donors (Lipinski definition) is 6. The van der Waals surface area contributed by atoms with Gasteiger partial charge in [-0.2, -0.15) is 0 Å². The van der Waals surface area contributed by atoms with Gasteiger partial charge in [-0.1, -0.05) is 12.1 Å². The molecule has 0 bridgehead atoms. The lowest BCUT2D eigenvalue weighted by molar-refractivity contribution is -0.277. The number of fused-ring (bicyclic) bond motifs is 1. The van der Waals surface area contributed by atoms with E-state index in [-0.39, 0.29) is 40.8 Å². The van der Waals surface area contributed by atoms with Crippen LogP contribution in [0.25, 0.3) is 0 Å². The van der Waals surface area contributed by atoms with E-state index in [1.54, 1.807) is 24.3 Å². The van der Waals surface area contributed by atoms with E-state index >= 15 is 0 Å². The summed E-state index contributed by atoms with van der Waals surface area (Å²) >= 11 is 0. The highest BCUT2D eigenvalue weighted by Gasteiger charge is 2.44. The van der Waals surface area contributed by atoms with Gasteiger partial charge in [0.2, 0.25) is 6.29 Å². The Balaban J connectivity index is 1.48. The monoisotopic (exact) mass is 434 g/mol. The number of carbonyl (C=O) groups is 1. The van der Waals surface area contributed by atoms with E-state index in [1.165, 1.54) is 6.07 Å². The number of phenols is 2. The van der Waals surface area contributed by atoms with Crippen molar-refractivity contribution in [1.82, 2.24) is 0 Å². The summed E-state index contributed by atoms with van der Waals surface area (Å²) in [7, 11) is 0. The van der Waals surface area contributed by atoms with Gasteiger partial charge in [0.05, 0.1) is 13.0 Å². The standard InChI is InChI=1S/C21H22O10/c22-8-16-18(26)19(27)20(28)21(31-16)29-11-3-1-9(2-4-11)14-7-13(25)17-12(24)5-10(23)6-15(17)30-14/h1-6,14,16,18-24,26-28H,7-8H2/t14-,16-,18-,19+,20-,21+/m0/s1. The van der Waals surface area contributed by atoms with Gasteiger partial charge in [-0.15, -0.1) is 0 Å². The minimum atomic E-state index is -1.55. The number of hydrogen-bond acceptors (Lipinski definition) is 10. The molecule has 2 aromatic rings. The Morgan fingerprint density at radius 1 is 1.00 bits per heavy atom. The molecule has 0 spiro atoms. The molecular formula is C21H22O10. The summed E-state index contributed by atoms with van der Waals surface area (Å²) < 4.78 is 16.6. The zero-order chi connectivity index (χ0) is 22.3. The summed E-state index contributed by atoms with van der Waals surface area (Å²) in [6.07, 6.45) is -7.63. The van der Waals surface area contributed by atoms with Gasteiger partial charge in [-0.05, 0) is 17.7 Å². The zero-order valence-electron chi connectivity index (χ0n) is 16.2. The van der Waals surface area contributed by atoms with Gasteiger partial charge in [0.25, 0.3) is 0 Å². The molecule has 0 saturated carbocycles. The predicted octanol–water partition coefficient (Wildman–Crippen LogP) is -0.0170. The summed E-state index contributed by atoms with van der Waals surface area (Å²) in [6, 6.07) is 8.68. The molecule has 0 aliphatic carbocycles. The minimum Gasteiger partial charge on any atom is -0.508 e. The molecule has 166 valence electrons. The Morgan fingerprint density at radius 2 is 1.71 bits per heavy atom. The first-order valence-corrected chi connectivity index (χ1v) is 9.61. The normalized spacial score (nSPS) is 30.4. The molecule has 31 heavy (non-hydrogen) atoms. The first kappa shape index (κ1) is 21.3. The Hall–Kier alpha value is -2.89. The maximum absolute atomic E-state index is 12.4. The van der Waals surface area contributed by atoms with Crippen LogP contribution in [0.4, 0.5) is 0 Å². The molecule has 2 heterocycles. The molecule has 6 N–H and O–H groups in total. The van der Waals surface area contributed by atoms with Crippen molar-refractivity contribution in [3.63, 3.8) is 0 Å². The number of benzene rings is 2. The van der Waals surface area contributed by atoms with Crippen molar-refractivity contribution in [1.29, 1.82) is 0 Å². The summed E-state index contributed by atoms with van der Waals surface area (Å²) in [6.45, 7) is -0.566. The number of aromatic hydroxyl groups is 2. The second-order valence-electron chi connectivity index (χ2n) is 7.46. The van der Waals surface area contributed by atoms with Gasteiger partial charge in [0.15, 0.2) is 5.78 Å². The highest BCUT2D eigenvalue weighted by molar-refractivity contribution is 6.02. The van der Waals surface area contributed by atoms with Crippen LogP contribution in [-0.4, -0.2) is 73.7 Å². The molecule has 6 atom stereocenters. The van der Waals surface area contributed by atoms with E-state index in [0.29, 0.717) is 5.56 Å². The van der Waals surface area contributed by atoms with Crippen LogP contribution in [0.3, 0.4) is 0 Å². The van der Waals surface area contributed by atoms with Crippen molar-refractivity contribution in [2.75, 3.05) is 6.61 Å². The molecule has 2 aromatic carbocycles.